The van der Waals surface area contributed by atoms with Crippen LogP contribution in [0.4, 0.5) is 5.13 Å². The van der Waals surface area contributed by atoms with Gasteiger partial charge in [0.05, 0.1) is 35.2 Å². The maximum absolute atomic E-state index is 13.3. The van der Waals surface area contributed by atoms with Crippen LogP contribution in [-0.4, -0.2) is 28.9 Å². The fourth-order valence-corrected chi connectivity index (χ4v) is 5.31. The Balaban J connectivity index is 1.69. The largest absolute Gasteiger partial charge is 0.503 e. The highest BCUT2D eigenvalue weighted by molar-refractivity contribution is 7.22. The van der Waals surface area contributed by atoms with Crippen molar-refractivity contribution in [2.75, 3.05) is 12.0 Å². The van der Waals surface area contributed by atoms with Crippen LogP contribution in [0.5, 0.6) is 5.75 Å². The molecule has 0 saturated carbocycles. The average Bonchev–Trinajstić information content (AvgIpc) is 3.53. The minimum Gasteiger partial charge on any atom is -0.503 e. The smallest absolute Gasteiger partial charge is 0.296 e. The molecule has 33 heavy (non-hydrogen) atoms. The summed E-state index contributed by atoms with van der Waals surface area (Å²) < 4.78 is 11.4. The summed E-state index contributed by atoms with van der Waals surface area (Å²) in [4.78, 5) is 32.7. The zero-order valence-electron chi connectivity index (χ0n) is 18.2. The number of methoxy groups -OCH3 is 1. The van der Waals surface area contributed by atoms with Crippen LogP contribution < -0.4 is 9.64 Å². The zero-order valence-corrected chi connectivity index (χ0v) is 19.0. The molecular formula is C25H20N2O5S. The van der Waals surface area contributed by atoms with Gasteiger partial charge in [0, 0.05) is 0 Å². The molecule has 0 spiro atoms. The molecule has 2 aromatic carbocycles. The van der Waals surface area contributed by atoms with Crippen molar-refractivity contribution in [3.05, 3.63) is 88.6 Å². The van der Waals surface area contributed by atoms with E-state index < -0.39 is 23.5 Å². The van der Waals surface area contributed by atoms with Gasteiger partial charge < -0.3 is 14.3 Å². The van der Waals surface area contributed by atoms with Crippen LogP contribution in [-0.2, 0) is 4.79 Å². The van der Waals surface area contributed by atoms with Gasteiger partial charge >= 0.3 is 0 Å². The summed E-state index contributed by atoms with van der Waals surface area (Å²) in [6, 6.07) is 13.3. The van der Waals surface area contributed by atoms with Gasteiger partial charge in [-0.2, -0.15) is 0 Å². The van der Waals surface area contributed by atoms with Gasteiger partial charge in [-0.3, -0.25) is 14.5 Å². The number of amides is 1. The van der Waals surface area contributed by atoms with Crippen molar-refractivity contribution in [1.29, 1.82) is 0 Å². The molecule has 0 bridgehead atoms. The fourth-order valence-electron chi connectivity index (χ4n) is 4.14. The van der Waals surface area contributed by atoms with Gasteiger partial charge in [-0.25, -0.2) is 4.98 Å². The Hall–Kier alpha value is -3.91. The number of nitrogens with zero attached hydrogens (tertiary/aromatic N) is 2. The molecule has 5 rings (SSSR count). The predicted molar refractivity (Wildman–Crippen MR) is 125 cm³/mol. The van der Waals surface area contributed by atoms with E-state index in [9.17, 15) is 14.7 Å². The highest BCUT2D eigenvalue weighted by atomic mass is 32.1. The van der Waals surface area contributed by atoms with Gasteiger partial charge in [-0.15, -0.1) is 0 Å². The normalized spacial score (nSPS) is 16.2. The number of ether oxygens (including phenoxy) is 1. The van der Waals surface area contributed by atoms with Gasteiger partial charge in [-0.05, 0) is 60.9 Å². The summed E-state index contributed by atoms with van der Waals surface area (Å²) in [6.45, 7) is 3.97. The summed E-state index contributed by atoms with van der Waals surface area (Å²) in [6.07, 6.45) is 1.38. The Labute approximate surface area is 193 Å². The van der Waals surface area contributed by atoms with Crippen molar-refractivity contribution < 1.29 is 23.8 Å². The van der Waals surface area contributed by atoms with E-state index in [0.29, 0.717) is 16.4 Å². The average molecular weight is 461 g/mol. The van der Waals surface area contributed by atoms with E-state index in [0.717, 1.165) is 21.3 Å². The molecule has 1 aliphatic rings. The third-order valence-electron chi connectivity index (χ3n) is 5.65. The van der Waals surface area contributed by atoms with Crippen LogP contribution in [0.25, 0.3) is 10.2 Å². The van der Waals surface area contributed by atoms with Crippen molar-refractivity contribution in [2.24, 2.45) is 0 Å². The van der Waals surface area contributed by atoms with Crippen molar-refractivity contribution in [3.8, 4) is 5.75 Å². The lowest BCUT2D eigenvalue weighted by molar-refractivity contribution is -0.117. The lowest BCUT2D eigenvalue weighted by atomic mass is 9.95. The summed E-state index contributed by atoms with van der Waals surface area (Å²) in [5, 5.41) is 11.2. The molecule has 166 valence electrons. The molecule has 1 amide bonds. The molecule has 3 heterocycles. The lowest BCUT2D eigenvalue weighted by Crippen LogP contribution is -2.30. The van der Waals surface area contributed by atoms with E-state index in [1.165, 1.54) is 28.6 Å². The van der Waals surface area contributed by atoms with E-state index >= 15 is 0 Å². The van der Waals surface area contributed by atoms with E-state index in [1.54, 1.807) is 37.4 Å². The SMILES string of the molecule is COc1ccc(C2C(C(=O)c3ccco3)=C(O)C(=O)N2c2nc3c(C)cc(C)cc3s2)cc1. The Bertz CT molecular complexity index is 1420. The molecule has 0 fully saturated rings. The second-order valence-electron chi connectivity index (χ2n) is 7.84. The summed E-state index contributed by atoms with van der Waals surface area (Å²) >= 11 is 1.34. The van der Waals surface area contributed by atoms with E-state index in [4.69, 9.17) is 14.1 Å². The first-order chi connectivity index (χ1) is 15.9. The molecule has 4 aromatic rings. The Morgan fingerprint density at radius 1 is 1.18 bits per heavy atom. The molecule has 8 heteroatoms. The Kier molecular flexibility index (Phi) is 5.02. The van der Waals surface area contributed by atoms with Crippen LogP contribution in [0.2, 0.25) is 0 Å². The Morgan fingerprint density at radius 2 is 1.94 bits per heavy atom. The minimum absolute atomic E-state index is 0.0421. The third kappa shape index (κ3) is 3.39. The molecule has 0 radical (unpaired) electrons. The molecule has 1 aliphatic heterocycles. The number of furan rings is 1. The van der Waals surface area contributed by atoms with E-state index in [2.05, 4.69) is 0 Å². The number of aliphatic hydroxyl groups excluding tert-OH is 1. The number of benzene rings is 2. The topological polar surface area (TPSA) is 92.9 Å². The number of Topliss-reactive ketones (excluding diaryl/α,β-unsaturated/α-hetero) is 1. The predicted octanol–water partition coefficient (Wildman–Crippen LogP) is 5.30. The maximum atomic E-state index is 13.3. The number of aryl methyl sites for hydroxylation is 2. The maximum Gasteiger partial charge on any atom is 0.296 e. The van der Waals surface area contributed by atoms with Gasteiger partial charge in [0.2, 0.25) is 5.78 Å². The lowest BCUT2D eigenvalue weighted by Gasteiger charge is -2.24. The second-order valence-corrected chi connectivity index (χ2v) is 8.85. The first kappa shape index (κ1) is 21.0. The number of anilines is 1. The highest BCUT2D eigenvalue weighted by Gasteiger charge is 2.46. The number of carbonyl (C=O) groups is 2. The second kappa shape index (κ2) is 7.90. The number of carbonyl (C=O) groups excluding carboxylic acids is 2. The molecule has 7 nitrogen and oxygen atoms in total. The van der Waals surface area contributed by atoms with Crippen molar-refractivity contribution in [3.63, 3.8) is 0 Å². The molecule has 0 saturated heterocycles. The molecule has 0 aliphatic carbocycles. The molecule has 1 atom stereocenters. The first-order valence-corrected chi connectivity index (χ1v) is 11.1. The minimum atomic E-state index is -0.872. The van der Waals surface area contributed by atoms with Crippen molar-refractivity contribution >= 4 is 38.4 Å². The fraction of sp³-hybridized carbons (Fsp3) is 0.160. The van der Waals surface area contributed by atoms with Crippen LogP contribution >= 0.6 is 11.3 Å². The van der Waals surface area contributed by atoms with Gasteiger partial charge in [0.15, 0.2) is 16.7 Å². The Morgan fingerprint density at radius 3 is 2.61 bits per heavy atom. The number of rotatable bonds is 5. The zero-order chi connectivity index (χ0) is 23.3. The van der Waals surface area contributed by atoms with E-state index in [-0.39, 0.29) is 11.3 Å². The number of ketones is 1. The summed E-state index contributed by atoms with van der Waals surface area (Å²) in [5.41, 5.74) is 3.45. The standard InChI is InChI=1S/C25H20N2O5S/c1-13-11-14(2)20-18(12-13)33-25(26-20)27-21(15-6-8-16(31-3)9-7-15)19(23(29)24(27)30)22(28)17-5-4-10-32-17/h4-12,21,29H,1-3H3. The van der Waals surface area contributed by atoms with E-state index in [1.807, 2.05) is 26.0 Å². The third-order valence-corrected chi connectivity index (χ3v) is 6.66. The van der Waals surface area contributed by atoms with Gasteiger partial charge in [-0.1, -0.05) is 29.5 Å². The number of thiazole rings is 1. The molecule has 1 unspecified atom stereocenters. The number of aromatic nitrogens is 1. The van der Waals surface area contributed by atoms with Gasteiger partial charge in [0.1, 0.15) is 5.75 Å². The van der Waals surface area contributed by atoms with Crippen LogP contribution in [0.15, 0.2) is 70.5 Å². The first-order valence-electron chi connectivity index (χ1n) is 10.3. The van der Waals surface area contributed by atoms with Crippen LogP contribution in [0.1, 0.15) is 33.3 Å². The highest BCUT2D eigenvalue weighted by Crippen LogP contribution is 2.44. The van der Waals surface area contributed by atoms with Gasteiger partial charge in [0.25, 0.3) is 5.91 Å². The number of aliphatic hydroxyl groups is 1. The molecule has 1 N–H and O–H groups in total. The number of hydrogen-bond acceptors (Lipinski definition) is 7. The molecule has 2 aromatic heterocycles. The number of fused-ring (bicyclic) bond motifs is 1. The van der Waals surface area contributed by atoms with Crippen molar-refractivity contribution in [1.82, 2.24) is 4.98 Å². The monoisotopic (exact) mass is 460 g/mol. The van der Waals surface area contributed by atoms with Crippen LogP contribution in [0, 0.1) is 13.8 Å². The van der Waals surface area contributed by atoms with Crippen molar-refractivity contribution in [2.45, 2.75) is 19.9 Å². The number of hydrogen-bond donors (Lipinski definition) is 1. The summed E-state index contributed by atoms with van der Waals surface area (Å²) in [5.74, 6) is -1.17. The molecular weight excluding hydrogens is 440 g/mol. The van der Waals surface area contributed by atoms with Crippen LogP contribution in [0.3, 0.4) is 0 Å². The quantitative estimate of drug-likeness (QED) is 0.407. The summed E-state index contributed by atoms with van der Waals surface area (Å²) in [7, 11) is 1.56.